The molecule has 1 heterocycles. The second-order valence-corrected chi connectivity index (χ2v) is 11.9. The fourth-order valence-corrected chi connectivity index (χ4v) is 4.85. The van der Waals surface area contributed by atoms with Crippen LogP contribution in [0.25, 0.3) is 11.3 Å². The Bertz CT molecular complexity index is 1910. The van der Waals surface area contributed by atoms with Gasteiger partial charge < -0.3 is 21.1 Å². The molecule has 0 bridgehead atoms. The van der Waals surface area contributed by atoms with Gasteiger partial charge >= 0.3 is 6.09 Å². The van der Waals surface area contributed by atoms with E-state index in [1.165, 1.54) is 12.3 Å². The van der Waals surface area contributed by atoms with E-state index in [2.05, 4.69) is 20.9 Å². The monoisotopic (exact) mass is 647 g/mol. The molecule has 240 valence electrons. The van der Waals surface area contributed by atoms with E-state index in [0.29, 0.717) is 11.1 Å². The maximum atomic E-state index is 13.4. The van der Waals surface area contributed by atoms with Gasteiger partial charge in [-0.2, -0.15) is 8.42 Å². The van der Waals surface area contributed by atoms with Crippen LogP contribution in [0.5, 0.6) is 0 Å². The van der Waals surface area contributed by atoms with Crippen LogP contribution in [0, 0.1) is 5.41 Å². The van der Waals surface area contributed by atoms with Crippen molar-refractivity contribution in [1.29, 1.82) is 5.41 Å². The van der Waals surface area contributed by atoms with Gasteiger partial charge in [-0.25, -0.2) is 9.78 Å². The van der Waals surface area contributed by atoms with E-state index < -0.39 is 39.1 Å². The van der Waals surface area contributed by atoms with Crippen LogP contribution in [0.1, 0.15) is 30.5 Å². The third-order valence-electron chi connectivity index (χ3n) is 6.48. The summed E-state index contributed by atoms with van der Waals surface area (Å²) in [6.07, 6.45) is 0.538. The molecule has 0 spiro atoms. The van der Waals surface area contributed by atoms with Crippen molar-refractivity contribution in [1.82, 2.24) is 20.2 Å². The van der Waals surface area contributed by atoms with Crippen molar-refractivity contribution in [3.8, 4) is 11.3 Å². The lowest BCUT2D eigenvalue weighted by Crippen LogP contribution is -2.35. The van der Waals surface area contributed by atoms with Crippen LogP contribution < -0.4 is 27.2 Å². The lowest BCUT2D eigenvalue weighted by Gasteiger charge is -2.17. The zero-order chi connectivity index (χ0) is 33.4. The number of nitrogen functional groups attached to an aromatic ring is 1. The number of alkyl carbamates (subject to hydrolysis) is 1. The molecule has 46 heavy (non-hydrogen) atoms. The van der Waals surface area contributed by atoms with Crippen molar-refractivity contribution in [3.63, 3.8) is 0 Å². The molecule has 0 atom stereocenters. The topological polar surface area (TPSA) is 219 Å². The summed E-state index contributed by atoms with van der Waals surface area (Å²) < 4.78 is 39.4. The molecule has 3 aromatic carbocycles. The Labute approximate surface area is 264 Å². The van der Waals surface area contributed by atoms with E-state index in [0.717, 1.165) is 22.3 Å². The molecule has 14 nitrogen and oxygen atoms in total. The number of nitrogens with one attached hydrogen (secondary N) is 4. The average Bonchev–Trinajstić information content (AvgIpc) is 3.01. The van der Waals surface area contributed by atoms with Gasteiger partial charge in [0, 0.05) is 29.4 Å². The number of hydrogen-bond donors (Lipinski definition) is 6. The maximum absolute atomic E-state index is 13.4. The molecule has 4 aromatic rings. The standard InChI is InChI=1S/C31H33N7O7S/c1-19(2)36-29-30(40)38(26(16-35-29)23-12-24(32)14-25(13-23)46(42,43)44)17-27(39)34-15-20-8-10-22(11-9-20)28(33)37-31(41)45-18-21-6-4-3-5-7-21/h3-14,16,19H,15,17-18,32H2,1-2H3,(H,34,39)(H,35,36)(H2,33,37,41)(H,42,43,44). The van der Waals surface area contributed by atoms with Gasteiger partial charge in [-0.1, -0.05) is 54.6 Å². The van der Waals surface area contributed by atoms with Crippen molar-refractivity contribution >= 4 is 39.5 Å². The number of hydrogen-bond acceptors (Lipinski definition) is 10. The van der Waals surface area contributed by atoms with Crippen LogP contribution >= 0.6 is 0 Å². The fraction of sp³-hybridized carbons (Fsp3) is 0.194. The summed E-state index contributed by atoms with van der Waals surface area (Å²) in [5.41, 5.74) is 7.39. The lowest BCUT2D eigenvalue weighted by atomic mass is 10.1. The van der Waals surface area contributed by atoms with Crippen molar-refractivity contribution in [2.45, 2.75) is 44.5 Å². The summed E-state index contributed by atoms with van der Waals surface area (Å²) in [4.78, 5) is 42.2. The van der Waals surface area contributed by atoms with Gasteiger partial charge in [-0.3, -0.25) is 29.4 Å². The summed E-state index contributed by atoms with van der Waals surface area (Å²) in [7, 11) is -4.61. The first-order valence-corrected chi connectivity index (χ1v) is 15.4. The largest absolute Gasteiger partial charge is 0.444 e. The van der Waals surface area contributed by atoms with E-state index in [9.17, 15) is 27.4 Å². The van der Waals surface area contributed by atoms with E-state index in [-0.39, 0.29) is 47.8 Å². The maximum Gasteiger partial charge on any atom is 0.413 e. The molecular formula is C31H33N7O7S. The van der Waals surface area contributed by atoms with Gasteiger partial charge in [0.2, 0.25) is 5.91 Å². The van der Waals surface area contributed by atoms with Gasteiger partial charge in [0.1, 0.15) is 19.0 Å². The SMILES string of the molecule is CC(C)Nc1ncc(-c2cc(N)cc(S(=O)(=O)O)c2)n(CC(=O)NCc2ccc(C(=N)NC(=O)OCc3ccccc3)cc2)c1=O. The number of benzene rings is 3. The van der Waals surface area contributed by atoms with Crippen LogP contribution in [0.15, 0.2) is 88.7 Å². The predicted molar refractivity (Wildman–Crippen MR) is 172 cm³/mol. The van der Waals surface area contributed by atoms with Crippen LogP contribution in [0.2, 0.25) is 0 Å². The van der Waals surface area contributed by atoms with Crippen LogP contribution in [0.3, 0.4) is 0 Å². The first-order chi connectivity index (χ1) is 21.8. The van der Waals surface area contributed by atoms with E-state index in [1.54, 1.807) is 24.3 Å². The first kappa shape index (κ1) is 33.4. The smallest absolute Gasteiger partial charge is 0.413 e. The number of amidine groups is 1. The molecule has 0 saturated carbocycles. The minimum absolute atomic E-state index is 0.00811. The molecular weight excluding hydrogens is 614 g/mol. The number of carbonyl (C=O) groups is 2. The lowest BCUT2D eigenvalue weighted by molar-refractivity contribution is -0.121. The highest BCUT2D eigenvalue weighted by molar-refractivity contribution is 7.85. The van der Waals surface area contributed by atoms with Gasteiger partial charge in [-0.05, 0) is 43.2 Å². The molecule has 7 N–H and O–H groups in total. The Hall–Kier alpha value is -5.54. The Balaban J connectivity index is 1.44. The van der Waals surface area contributed by atoms with Crippen molar-refractivity contribution in [2.75, 3.05) is 11.1 Å². The molecule has 4 rings (SSSR count). The molecule has 0 radical (unpaired) electrons. The summed E-state index contributed by atoms with van der Waals surface area (Å²) in [6.45, 7) is 3.31. The zero-order valence-electron chi connectivity index (χ0n) is 25.0. The third-order valence-corrected chi connectivity index (χ3v) is 7.31. The number of nitrogens with two attached hydrogens (primary N) is 1. The predicted octanol–water partition coefficient (Wildman–Crippen LogP) is 3.13. The summed E-state index contributed by atoms with van der Waals surface area (Å²) in [5, 5.41) is 16.2. The third kappa shape index (κ3) is 8.99. The Morgan fingerprint density at radius 1 is 1.04 bits per heavy atom. The Morgan fingerprint density at radius 2 is 1.74 bits per heavy atom. The number of aromatic nitrogens is 2. The highest BCUT2D eigenvalue weighted by Crippen LogP contribution is 2.25. The average molecular weight is 648 g/mol. The quantitative estimate of drug-likeness (QED) is 0.0604. The summed E-state index contributed by atoms with van der Waals surface area (Å²) >= 11 is 0. The second-order valence-electron chi connectivity index (χ2n) is 10.5. The number of anilines is 2. The highest BCUT2D eigenvalue weighted by atomic mass is 32.2. The molecule has 0 aliphatic carbocycles. The molecule has 0 aliphatic rings. The molecule has 1 aromatic heterocycles. The Morgan fingerprint density at radius 3 is 2.39 bits per heavy atom. The van der Waals surface area contributed by atoms with Crippen LogP contribution in [-0.4, -0.2) is 46.4 Å². The normalized spacial score (nSPS) is 11.1. The molecule has 0 aliphatic heterocycles. The van der Waals surface area contributed by atoms with Crippen LogP contribution in [0.4, 0.5) is 16.3 Å². The zero-order valence-corrected chi connectivity index (χ0v) is 25.8. The van der Waals surface area contributed by atoms with Gasteiger partial charge in [0.05, 0.1) is 16.8 Å². The molecule has 0 saturated heterocycles. The van der Waals surface area contributed by atoms with E-state index in [4.69, 9.17) is 15.9 Å². The van der Waals surface area contributed by atoms with E-state index >= 15 is 0 Å². The molecule has 0 unspecified atom stereocenters. The second kappa shape index (κ2) is 14.5. The minimum atomic E-state index is -4.61. The number of ether oxygens (including phenoxy) is 1. The molecule has 0 fully saturated rings. The Kier molecular flexibility index (Phi) is 10.5. The highest BCUT2D eigenvalue weighted by Gasteiger charge is 2.19. The van der Waals surface area contributed by atoms with Gasteiger partial charge in [0.15, 0.2) is 5.82 Å². The fourth-order valence-electron chi connectivity index (χ4n) is 4.29. The van der Waals surface area contributed by atoms with Gasteiger partial charge in [-0.15, -0.1) is 0 Å². The number of rotatable bonds is 11. The number of nitrogens with zero attached hydrogens (tertiary/aromatic N) is 2. The van der Waals surface area contributed by atoms with Crippen LogP contribution in [-0.2, 0) is 39.3 Å². The van der Waals surface area contributed by atoms with Gasteiger partial charge in [0.25, 0.3) is 15.7 Å². The summed E-state index contributed by atoms with van der Waals surface area (Å²) in [6, 6.07) is 19.1. The molecule has 2 amide bonds. The van der Waals surface area contributed by atoms with Crippen molar-refractivity contribution in [3.05, 3.63) is 106 Å². The summed E-state index contributed by atoms with van der Waals surface area (Å²) in [5.74, 6) is -0.715. The number of carbonyl (C=O) groups excluding carboxylic acids is 2. The van der Waals surface area contributed by atoms with Crippen molar-refractivity contribution < 1.29 is 27.3 Å². The van der Waals surface area contributed by atoms with Crippen molar-refractivity contribution in [2.24, 2.45) is 0 Å². The first-order valence-electron chi connectivity index (χ1n) is 14.0. The van der Waals surface area contributed by atoms with E-state index in [1.807, 2.05) is 44.2 Å². The number of amides is 2. The molecule has 15 heteroatoms. The minimum Gasteiger partial charge on any atom is -0.444 e.